The van der Waals surface area contributed by atoms with E-state index in [4.69, 9.17) is 0 Å². The summed E-state index contributed by atoms with van der Waals surface area (Å²) in [7, 11) is -5.66. The highest BCUT2D eigenvalue weighted by molar-refractivity contribution is 7.92. The van der Waals surface area contributed by atoms with Gasteiger partial charge in [0.05, 0.1) is 16.4 Å². The summed E-state index contributed by atoms with van der Waals surface area (Å²) >= 11 is 0.756. The third-order valence-corrected chi connectivity index (χ3v) is 8.11. The summed E-state index contributed by atoms with van der Waals surface area (Å²) in [5.41, 5.74) is -0.314. The van der Waals surface area contributed by atoms with E-state index in [1.807, 2.05) is 0 Å². The van der Waals surface area contributed by atoms with E-state index in [0.29, 0.717) is 0 Å². The van der Waals surface area contributed by atoms with Gasteiger partial charge in [-0.05, 0) is 0 Å². The molecule has 0 radical (unpaired) electrons. The van der Waals surface area contributed by atoms with Gasteiger partial charge in [0.1, 0.15) is 4.21 Å². The Hall–Kier alpha value is -1.24. The van der Waals surface area contributed by atoms with Gasteiger partial charge in [-0.3, -0.25) is 10.1 Å². The lowest BCUT2D eigenvalue weighted by molar-refractivity contribution is -0.383. The van der Waals surface area contributed by atoms with Crippen LogP contribution in [0.15, 0.2) is 10.3 Å². The molecule has 118 valence electrons. The van der Waals surface area contributed by atoms with Crippen molar-refractivity contribution in [3.63, 3.8) is 0 Å². The molecule has 1 N–H and O–H groups in total. The van der Waals surface area contributed by atoms with Gasteiger partial charge >= 0.3 is 5.69 Å². The van der Waals surface area contributed by atoms with E-state index in [-0.39, 0.29) is 39.5 Å². The van der Waals surface area contributed by atoms with Gasteiger partial charge in [-0.15, -0.1) is 0 Å². The number of rotatable bonds is 4. The Morgan fingerprint density at radius 3 is 2.38 bits per heavy atom. The van der Waals surface area contributed by atoms with Crippen molar-refractivity contribution in [1.29, 1.82) is 0 Å². The molecule has 0 amide bonds. The molecule has 2 heterocycles. The predicted octanol–water partition coefficient (Wildman–Crippen LogP) is 0.117. The smallest absolute Gasteiger partial charge is 0.304 e. The third kappa shape index (κ3) is 3.17. The van der Waals surface area contributed by atoms with Gasteiger partial charge < -0.3 is 5.32 Å². The van der Waals surface area contributed by atoms with Gasteiger partial charge in [0, 0.05) is 26.2 Å². The van der Waals surface area contributed by atoms with Crippen molar-refractivity contribution in [3.8, 4) is 0 Å². The van der Waals surface area contributed by atoms with Crippen LogP contribution in [0.4, 0.5) is 10.7 Å². The Morgan fingerprint density at radius 1 is 1.38 bits per heavy atom. The molecule has 9 nitrogen and oxygen atoms in total. The van der Waals surface area contributed by atoms with Crippen LogP contribution in [0.25, 0.3) is 0 Å². The molecular weight excluding hydrogens is 342 g/mol. The second kappa shape index (κ2) is 5.51. The maximum absolute atomic E-state index is 12.4. The molecule has 12 heteroatoms. The monoisotopic (exact) mass is 355 g/mol. The molecule has 0 spiro atoms. The Balaban J connectivity index is 2.34. The highest BCUT2D eigenvalue weighted by Gasteiger charge is 2.34. The first kappa shape index (κ1) is 16.1. The van der Waals surface area contributed by atoms with Crippen molar-refractivity contribution in [3.05, 3.63) is 16.2 Å². The largest absolute Gasteiger partial charge is 0.374 e. The summed E-state index contributed by atoms with van der Waals surface area (Å²) in [6, 6.07) is 0.995. The van der Waals surface area contributed by atoms with Gasteiger partial charge in [-0.1, -0.05) is 11.3 Å². The van der Waals surface area contributed by atoms with E-state index < -0.39 is 24.8 Å². The van der Waals surface area contributed by atoms with Crippen molar-refractivity contribution in [2.45, 2.75) is 4.21 Å². The average Bonchev–Trinajstić information content (AvgIpc) is 2.83. The van der Waals surface area contributed by atoms with Gasteiger partial charge in [0.25, 0.3) is 10.0 Å². The highest BCUT2D eigenvalue weighted by Crippen LogP contribution is 2.38. The summed E-state index contributed by atoms with van der Waals surface area (Å²) in [6.45, 7) is -0.267. The number of anilines is 1. The molecule has 0 saturated carbocycles. The number of sulfonamides is 1. The minimum absolute atomic E-state index is 0.134. The molecular formula is C9H13N3O6S3. The van der Waals surface area contributed by atoms with Crippen LogP contribution in [0.5, 0.6) is 0 Å². The SMILES string of the molecule is CNc1sc(S(=O)(=O)N2CCS(=O)(=O)CC2)cc1[N+](=O)[O-]. The Bertz CT molecular complexity index is 753. The first-order valence-electron chi connectivity index (χ1n) is 5.84. The van der Waals surface area contributed by atoms with Crippen LogP contribution in [-0.2, 0) is 19.9 Å². The quantitative estimate of drug-likeness (QED) is 0.600. The van der Waals surface area contributed by atoms with Gasteiger partial charge in [0.2, 0.25) is 0 Å². The summed E-state index contributed by atoms with van der Waals surface area (Å²) in [5, 5.41) is 13.6. The molecule has 1 aliphatic heterocycles. The number of hydrogen-bond donors (Lipinski definition) is 1. The first-order valence-corrected chi connectivity index (χ1v) is 9.92. The fourth-order valence-electron chi connectivity index (χ4n) is 1.86. The van der Waals surface area contributed by atoms with Gasteiger partial charge in [-0.25, -0.2) is 16.8 Å². The lowest BCUT2D eigenvalue weighted by atomic mass is 10.5. The van der Waals surface area contributed by atoms with Crippen molar-refractivity contribution in [1.82, 2.24) is 4.31 Å². The molecule has 1 aliphatic rings. The lowest BCUT2D eigenvalue weighted by Gasteiger charge is -2.25. The standard InChI is InChI=1S/C9H13N3O6S3/c1-10-9-7(12(13)14)6-8(19-9)21(17,18)11-2-4-20(15,16)5-3-11/h6,10H,2-5H2,1H3. The molecule has 1 fully saturated rings. The van der Waals surface area contributed by atoms with E-state index in [2.05, 4.69) is 5.32 Å². The lowest BCUT2D eigenvalue weighted by Crippen LogP contribution is -2.43. The van der Waals surface area contributed by atoms with Crippen LogP contribution in [0.1, 0.15) is 0 Å². The topological polar surface area (TPSA) is 127 Å². The van der Waals surface area contributed by atoms with Crippen molar-refractivity contribution in [2.24, 2.45) is 0 Å². The summed E-state index contributed by atoms with van der Waals surface area (Å²) in [4.78, 5) is 10.2. The van der Waals surface area contributed by atoms with Crippen LogP contribution >= 0.6 is 11.3 Å². The minimum Gasteiger partial charge on any atom is -0.374 e. The Kier molecular flexibility index (Phi) is 4.24. The predicted molar refractivity (Wildman–Crippen MR) is 77.9 cm³/mol. The number of hydrogen-bond acceptors (Lipinski definition) is 8. The van der Waals surface area contributed by atoms with E-state index in [1.165, 1.54) is 7.05 Å². The van der Waals surface area contributed by atoms with Crippen molar-refractivity contribution in [2.75, 3.05) is 37.0 Å². The summed E-state index contributed by atoms with van der Waals surface area (Å²) in [5.74, 6) is -0.475. The minimum atomic E-state index is -3.91. The van der Waals surface area contributed by atoms with Gasteiger partial charge in [0.15, 0.2) is 14.8 Å². The fraction of sp³-hybridized carbons (Fsp3) is 0.556. The van der Waals surface area contributed by atoms with Crippen LogP contribution in [0.3, 0.4) is 0 Å². The third-order valence-electron chi connectivity index (χ3n) is 3.01. The number of thiophene rings is 1. The number of nitrogens with zero attached hydrogens (tertiary/aromatic N) is 2. The van der Waals surface area contributed by atoms with Crippen LogP contribution in [-0.4, -0.2) is 57.7 Å². The fourth-order valence-corrected chi connectivity index (χ4v) is 6.17. The molecule has 0 unspecified atom stereocenters. The zero-order valence-corrected chi connectivity index (χ0v) is 13.4. The molecule has 0 atom stereocenters. The zero-order chi connectivity index (χ0) is 15.8. The Morgan fingerprint density at radius 2 is 1.95 bits per heavy atom. The Labute approximate surface area is 125 Å². The maximum atomic E-state index is 12.4. The van der Waals surface area contributed by atoms with Crippen molar-refractivity contribution >= 4 is 41.9 Å². The van der Waals surface area contributed by atoms with Gasteiger partial charge in [-0.2, -0.15) is 4.31 Å². The van der Waals surface area contributed by atoms with E-state index in [0.717, 1.165) is 21.7 Å². The normalized spacial score (nSPS) is 19.3. The van der Waals surface area contributed by atoms with E-state index in [1.54, 1.807) is 0 Å². The van der Waals surface area contributed by atoms with Crippen LogP contribution < -0.4 is 5.32 Å². The molecule has 0 aromatic carbocycles. The molecule has 0 aliphatic carbocycles. The highest BCUT2D eigenvalue weighted by atomic mass is 32.2. The molecule has 2 rings (SSSR count). The summed E-state index contributed by atoms with van der Waals surface area (Å²) < 4.78 is 48.3. The zero-order valence-electron chi connectivity index (χ0n) is 11.0. The average molecular weight is 355 g/mol. The molecule has 1 saturated heterocycles. The summed E-state index contributed by atoms with van der Waals surface area (Å²) in [6.07, 6.45) is 0. The van der Waals surface area contributed by atoms with E-state index in [9.17, 15) is 26.9 Å². The van der Waals surface area contributed by atoms with E-state index >= 15 is 0 Å². The number of nitrogens with one attached hydrogen (secondary N) is 1. The molecule has 1 aromatic heterocycles. The van der Waals surface area contributed by atoms with Crippen LogP contribution in [0.2, 0.25) is 0 Å². The number of nitro groups is 1. The van der Waals surface area contributed by atoms with Crippen molar-refractivity contribution < 1.29 is 21.8 Å². The second-order valence-electron chi connectivity index (χ2n) is 4.34. The molecule has 1 aromatic rings. The van der Waals surface area contributed by atoms with Crippen LogP contribution in [0, 0.1) is 10.1 Å². The first-order chi connectivity index (χ1) is 9.67. The molecule has 0 bridgehead atoms. The number of sulfone groups is 1. The molecule has 21 heavy (non-hydrogen) atoms. The maximum Gasteiger partial charge on any atom is 0.304 e. The second-order valence-corrected chi connectivity index (χ2v) is 9.86.